The average Bonchev–Trinajstić information content (AvgIpc) is 2.76. The van der Waals surface area contributed by atoms with Crippen LogP contribution in [-0.4, -0.2) is 52.9 Å². The zero-order valence-electron chi connectivity index (χ0n) is 17.0. The van der Waals surface area contributed by atoms with Gasteiger partial charge in [-0.05, 0) is 18.1 Å². The number of hydrogen-bond acceptors (Lipinski definition) is 5. The van der Waals surface area contributed by atoms with Gasteiger partial charge in [-0.1, -0.05) is 60.7 Å². The van der Waals surface area contributed by atoms with Gasteiger partial charge in [-0.25, -0.2) is 4.79 Å². The molecule has 0 spiro atoms. The summed E-state index contributed by atoms with van der Waals surface area (Å²) in [5.74, 6) is -0.0432. The summed E-state index contributed by atoms with van der Waals surface area (Å²) in [6.07, 6.45) is 0.331. The molecule has 2 amide bonds. The van der Waals surface area contributed by atoms with Crippen LogP contribution in [-0.2, 0) is 32.1 Å². The molecule has 0 radical (unpaired) electrons. The molecule has 0 aromatic heterocycles. The molecule has 2 atom stereocenters. The molecule has 1 heterocycles. The molecule has 0 aliphatic carbocycles. The molecule has 0 bridgehead atoms. The monoisotopic (exact) mass is 426 g/mol. The lowest BCUT2D eigenvalue weighted by Gasteiger charge is -2.35. The van der Waals surface area contributed by atoms with Crippen LogP contribution in [0.3, 0.4) is 0 Å². The van der Waals surface area contributed by atoms with Crippen molar-refractivity contribution in [1.29, 1.82) is 0 Å². The second-order valence-electron chi connectivity index (χ2n) is 7.04. The Kier molecular flexibility index (Phi) is 7.90. The molecule has 7 heteroatoms. The predicted octanol–water partition coefficient (Wildman–Crippen LogP) is 2.42. The highest BCUT2D eigenvalue weighted by molar-refractivity contribution is 8.00. The molecule has 3 rings (SSSR count). The molecule has 2 aromatic rings. The molecular formula is C23H26N2O4S. The van der Waals surface area contributed by atoms with Gasteiger partial charge in [0.25, 0.3) is 0 Å². The number of rotatable bonds is 8. The SMILES string of the molecule is CCOC(=O)C(Cc1ccccc1)NC(=O)C1CSCC(=O)N1Cc1ccccc1. The number of benzene rings is 2. The first kappa shape index (κ1) is 21.9. The van der Waals surface area contributed by atoms with Gasteiger partial charge >= 0.3 is 5.97 Å². The van der Waals surface area contributed by atoms with Gasteiger partial charge < -0.3 is 15.0 Å². The number of carbonyl (C=O) groups is 3. The normalized spacial score (nSPS) is 17.3. The Hall–Kier alpha value is -2.80. The summed E-state index contributed by atoms with van der Waals surface area (Å²) >= 11 is 1.44. The molecule has 0 saturated carbocycles. The van der Waals surface area contributed by atoms with Gasteiger partial charge in [0.1, 0.15) is 12.1 Å². The van der Waals surface area contributed by atoms with Crippen molar-refractivity contribution in [2.24, 2.45) is 0 Å². The highest BCUT2D eigenvalue weighted by atomic mass is 32.2. The molecule has 2 unspecified atom stereocenters. The van der Waals surface area contributed by atoms with Crippen LogP contribution in [0.1, 0.15) is 18.1 Å². The number of hydrogen-bond donors (Lipinski definition) is 1. The van der Waals surface area contributed by atoms with Gasteiger partial charge in [0.2, 0.25) is 11.8 Å². The number of carbonyl (C=O) groups excluding carboxylic acids is 3. The van der Waals surface area contributed by atoms with Crippen LogP contribution in [0.15, 0.2) is 60.7 Å². The second-order valence-corrected chi connectivity index (χ2v) is 8.07. The molecule has 1 saturated heterocycles. The minimum absolute atomic E-state index is 0.0778. The van der Waals surface area contributed by atoms with Gasteiger partial charge in [-0.3, -0.25) is 9.59 Å². The van der Waals surface area contributed by atoms with E-state index in [0.717, 1.165) is 11.1 Å². The van der Waals surface area contributed by atoms with Gasteiger partial charge in [0, 0.05) is 18.7 Å². The molecule has 1 aliphatic rings. The van der Waals surface area contributed by atoms with Crippen molar-refractivity contribution in [2.45, 2.75) is 32.0 Å². The van der Waals surface area contributed by atoms with E-state index in [1.54, 1.807) is 11.8 Å². The third-order valence-corrected chi connectivity index (χ3v) is 5.87. The maximum Gasteiger partial charge on any atom is 0.328 e. The Morgan fingerprint density at radius 1 is 1.10 bits per heavy atom. The van der Waals surface area contributed by atoms with E-state index in [1.807, 2.05) is 60.7 Å². The van der Waals surface area contributed by atoms with Gasteiger partial charge in [-0.15, -0.1) is 11.8 Å². The van der Waals surface area contributed by atoms with Crippen LogP contribution in [0.2, 0.25) is 0 Å². The lowest BCUT2D eigenvalue weighted by atomic mass is 10.1. The van der Waals surface area contributed by atoms with Crippen LogP contribution in [0.25, 0.3) is 0 Å². The van der Waals surface area contributed by atoms with Crippen molar-refractivity contribution in [3.05, 3.63) is 71.8 Å². The minimum Gasteiger partial charge on any atom is -0.464 e. The molecule has 30 heavy (non-hydrogen) atoms. The van der Waals surface area contributed by atoms with E-state index < -0.39 is 18.1 Å². The first-order valence-corrected chi connectivity index (χ1v) is 11.2. The Morgan fingerprint density at radius 3 is 2.37 bits per heavy atom. The molecule has 6 nitrogen and oxygen atoms in total. The number of ether oxygens (including phenoxy) is 1. The highest BCUT2D eigenvalue weighted by Crippen LogP contribution is 2.21. The van der Waals surface area contributed by atoms with Crippen molar-refractivity contribution in [1.82, 2.24) is 10.2 Å². The maximum absolute atomic E-state index is 13.1. The Balaban J connectivity index is 1.74. The standard InChI is InChI=1S/C23H26N2O4S/c1-2-29-23(28)19(13-17-9-5-3-6-10-17)24-22(27)20-15-30-16-21(26)25(20)14-18-11-7-4-8-12-18/h3-12,19-20H,2,13-16H2,1H3,(H,24,27). The lowest BCUT2D eigenvalue weighted by molar-refractivity contribution is -0.148. The van der Waals surface area contributed by atoms with Crippen molar-refractivity contribution in [3.8, 4) is 0 Å². The zero-order chi connectivity index (χ0) is 21.3. The van der Waals surface area contributed by atoms with E-state index in [-0.39, 0.29) is 18.4 Å². The van der Waals surface area contributed by atoms with Crippen LogP contribution in [0.4, 0.5) is 0 Å². The quantitative estimate of drug-likeness (QED) is 0.656. The molecule has 158 valence electrons. The first-order chi connectivity index (χ1) is 14.6. The predicted molar refractivity (Wildman–Crippen MR) is 117 cm³/mol. The number of esters is 1. The smallest absolute Gasteiger partial charge is 0.328 e. The topological polar surface area (TPSA) is 75.7 Å². The van der Waals surface area contributed by atoms with Gasteiger partial charge in [-0.2, -0.15) is 0 Å². The van der Waals surface area contributed by atoms with Crippen LogP contribution >= 0.6 is 11.8 Å². The fourth-order valence-electron chi connectivity index (χ4n) is 3.35. The third kappa shape index (κ3) is 5.86. The van der Waals surface area contributed by atoms with Gasteiger partial charge in [0.15, 0.2) is 0 Å². The summed E-state index contributed by atoms with van der Waals surface area (Å²) in [5, 5.41) is 2.84. The van der Waals surface area contributed by atoms with E-state index in [0.29, 0.717) is 24.5 Å². The number of thioether (sulfide) groups is 1. The van der Waals surface area contributed by atoms with Crippen molar-refractivity contribution in [2.75, 3.05) is 18.1 Å². The minimum atomic E-state index is -0.805. The molecular weight excluding hydrogens is 400 g/mol. The van der Waals surface area contributed by atoms with Crippen molar-refractivity contribution < 1.29 is 19.1 Å². The summed E-state index contributed by atoms with van der Waals surface area (Å²) < 4.78 is 5.17. The zero-order valence-corrected chi connectivity index (χ0v) is 17.8. The number of nitrogens with zero attached hydrogens (tertiary/aromatic N) is 1. The van der Waals surface area contributed by atoms with E-state index >= 15 is 0 Å². The second kappa shape index (κ2) is 10.8. The Morgan fingerprint density at radius 2 is 1.73 bits per heavy atom. The number of nitrogens with one attached hydrogen (secondary N) is 1. The summed E-state index contributed by atoms with van der Waals surface area (Å²) in [4.78, 5) is 39.8. The van der Waals surface area contributed by atoms with Crippen molar-refractivity contribution in [3.63, 3.8) is 0 Å². The number of amides is 2. The van der Waals surface area contributed by atoms with Crippen LogP contribution < -0.4 is 5.32 Å². The van der Waals surface area contributed by atoms with Crippen LogP contribution in [0, 0.1) is 0 Å². The summed E-state index contributed by atoms with van der Waals surface area (Å²) in [7, 11) is 0. The summed E-state index contributed by atoms with van der Waals surface area (Å²) in [5.41, 5.74) is 1.88. The third-order valence-electron chi connectivity index (χ3n) is 4.87. The fourth-order valence-corrected chi connectivity index (χ4v) is 4.37. The largest absolute Gasteiger partial charge is 0.464 e. The van der Waals surface area contributed by atoms with E-state index in [2.05, 4.69) is 5.32 Å². The molecule has 1 fully saturated rings. The summed E-state index contributed by atoms with van der Waals surface area (Å²) in [6.45, 7) is 2.33. The first-order valence-electron chi connectivity index (χ1n) is 10.0. The summed E-state index contributed by atoms with van der Waals surface area (Å²) in [6, 6.07) is 17.6. The van der Waals surface area contributed by atoms with E-state index in [9.17, 15) is 14.4 Å². The Labute approximate surface area is 181 Å². The van der Waals surface area contributed by atoms with Crippen LogP contribution in [0.5, 0.6) is 0 Å². The van der Waals surface area contributed by atoms with Crippen molar-refractivity contribution >= 4 is 29.5 Å². The average molecular weight is 427 g/mol. The Bertz CT molecular complexity index is 860. The molecule has 2 aromatic carbocycles. The maximum atomic E-state index is 13.1. The lowest BCUT2D eigenvalue weighted by Crippen LogP contribution is -2.57. The van der Waals surface area contributed by atoms with Gasteiger partial charge in [0.05, 0.1) is 12.4 Å². The van der Waals surface area contributed by atoms with E-state index in [4.69, 9.17) is 4.74 Å². The molecule has 1 N–H and O–H groups in total. The fraction of sp³-hybridized carbons (Fsp3) is 0.348. The van der Waals surface area contributed by atoms with E-state index in [1.165, 1.54) is 11.8 Å². The highest BCUT2D eigenvalue weighted by Gasteiger charge is 2.35. The molecule has 1 aliphatic heterocycles.